The molecule has 0 bridgehead atoms. The van der Waals surface area contributed by atoms with Crippen molar-refractivity contribution in [1.82, 2.24) is 0 Å². The summed E-state index contributed by atoms with van der Waals surface area (Å²) in [5.74, 6) is 1.55. The normalized spacial score (nSPS) is 22.2. The topological polar surface area (TPSA) is 41.9 Å². The maximum Gasteiger partial charge on any atom is 0.145 e. The van der Waals surface area contributed by atoms with Crippen LogP contribution in [-0.4, -0.2) is 37.5 Å². The number of ether oxygens (including phenoxy) is 2. The number of nitrogens with zero attached hydrogens (tertiary/aromatic N) is 1. The zero-order chi connectivity index (χ0) is 14.0. The number of aliphatic hydroxyl groups is 1. The highest BCUT2D eigenvalue weighted by Crippen LogP contribution is 2.39. The fourth-order valence-corrected chi connectivity index (χ4v) is 2.70. The molecule has 1 aliphatic heterocycles. The van der Waals surface area contributed by atoms with E-state index in [4.69, 9.17) is 9.47 Å². The summed E-state index contributed by atoms with van der Waals surface area (Å²) >= 11 is 0. The van der Waals surface area contributed by atoms with Gasteiger partial charge in [-0.15, -0.1) is 0 Å². The van der Waals surface area contributed by atoms with Crippen molar-refractivity contribution in [3.63, 3.8) is 0 Å². The number of benzene rings is 1. The van der Waals surface area contributed by atoms with Crippen molar-refractivity contribution in [2.45, 2.75) is 38.3 Å². The van der Waals surface area contributed by atoms with Crippen molar-refractivity contribution in [1.29, 1.82) is 0 Å². The zero-order valence-electron chi connectivity index (χ0n) is 12.1. The van der Waals surface area contributed by atoms with E-state index in [9.17, 15) is 5.11 Å². The maximum absolute atomic E-state index is 10.2. The highest BCUT2D eigenvalue weighted by atomic mass is 16.5. The highest BCUT2D eigenvalue weighted by molar-refractivity contribution is 5.63. The zero-order valence-corrected chi connectivity index (χ0v) is 12.1. The number of aliphatic hydroxyl groups excluding tert-OH is 1. The Morgan fingerprint density at radius 2 is 2.00 bits per heavy atom. The Morgan fingerprint density at radius 3 is 2.63 bits per heavy atom. The van der Waals surface area contributed by atoms with Gasteiger partial charge in [0.2, 0.25) is 0 Å². The lowest BCUT2D eigenvalue weighted by Gasteiger charge is -2.47. The van der Waals surface area contributed by atoms with Crippen LogP contribution in [0.25, 0.3) is 0 Å². The number of anilines is 1. The molecule has 0 amide bonds. The molecular formula is C15H23NO3. The van der Waals surface area contributed by atoms with Gasteiger partial charge in [-0.1, -0.05) is 0 Å². The largest absolute Gasteiger partial charge is 0.497 e. The molecule has 0 saturated carbocycles. The monoisotopic (exact) mass is 265 g/mol. The van der Waals surface area contributed by atoms with Crippen LogP contribution in [0.4, 0.5) is 5.69 Å². The summed E-state index contributed by atoms with van der Waals surface area (Å²) in [6.07, 6.45) is 1.51. The molecule has 106 valence electrons. The van der Waals surface area contributed by atoms with Crippen molar-refractivity contribution < 1.29 is 14.6 Å². The minimum atomic E-state index is -0.326. The van der Waals surface area contributed by atoms with Crippen LogP contribution in [0.1, 0.15) is 26.7 Å². The molecule has 1 aromatic rings. The van der Waals surface area contributed by atoms with Gasteiger partial charge in [0.25, 0.3) is 0 Å². The molecule has 1 N–H and O–H groups in total. The molecule has 0 spiro atoms. The van der Waals surface area contributed by atoms with E-state index >= 15 is 0 Å². The number of methoxy groups -OCH3 is 2. The van der Waals surface area contributed by atoms with Crippen molar-refractivity contribution in [2.75, 3.05) is 25.7 Å². The summed E-state index contributed by atoms with van der Waals surface area (Å²) in [5, 5.41) is 10.2. The Kier molecular flexibility index (Phi) is 3.90. The van der Waals surface area contributed by atoms with Crippen LogP contribution in [-0.2, 0) is 0 Å². The van der Waals surface area contributed by atoms with Crippen LogP contribution in [0.15, 0.2) is 18.2 Å². The summed E-state index contributed by atoms with van der Waals surface area (Å²) in [6.45, 7) is 5.06. The van der Waals surface area contributed by atoms with Crippen LogP contribution >= 0.6 is 0 Å². The van der Waals surface area contributed by atoms with Gasteiger partial charge in [-0.2, -0.15) is 0 Å². The Labute approximate surface area is 114 Å². The number of hydrogen-bond acceptors (Lipinski definition) is 4. The first-order valence-electron chi connectivity index (χ1n) is 6.68. The van der Waals surface area contributed by atoms with Gasteiger partial charge in [-0.25, -0.2) is 0 Å². The summed E-state index contributed by atoms with van der Waals surface area (Å²) in [4.78, 5) is 2.22. The number of rotatable bonds is 3. The summed E-state index contributed by atoms with van der Waals surface area (Å²) in [7, 11) is 3.30. The molecular weight excluding hydrogens is 242 g/mol. The molecule has 1 heterocycles. The van der Waals surface area contributed by atoms with Gasteiger partial charge in [-0.3, -0.25) is 0 Å². The maximum atomic E-state index is 10.2. The number of piperidine rings is 1. The van der Waals surface area contributed by atoms with Gasteiger partial charge in [0.05, 0.1) is 31.5 Å². The number of hydrogen-bond donors (Lipinski definition) is 1. The van der Waals surface area contributed by atoms with Gasteiger partial charge >= 0.3 is 0 Å². The van der Waals surface area contributed by atoms with Gasteiger partial charge < -0.3 is 19.5 Å². The first-order valence-corrected chi connectivity index (χ1v) is 6.68. The van der Waals surface area contributed by atoms with Crippen LogP contribution in [0.3, 0.4) is 0 Å². The van der Waals surface area contributed by atoms with E-state index in [0.29, 0.717) is 0 Å². The standard InChI is InChI=1S/C15H23NO3/c1-15(2)14(17)6-5-9-16(15)12-8-7-11(18-3)10-13(12)19-4/h7-8,10,14,17H,5-6,9H2,1-4H3. The SMILES string of the molecule is COc1ccc(N2CCCC(O)C2(C)C)c(OC)c1. The molecule has 1 unspecified atom stereocenters. The molecule has 19 heavy (non-hydrogen) atoms. The lowest BCUT2D eigenvalue weighted by Crippen LogP contribution is -2.56. The Morgan fingerprint density at radius 1 is 1.26 bits per heavy atom. The molecule has 1 fully saturated rings. The van der Waals surface area contributed by atoms with Crippen molar-refractivity contribution in [3.8, 4) is 11.5 Å². The van der Waals surface area contributed by atoms with E-state index in [-0.39, 0.29) is 11.6 Å². The predicted molar refractivity (Wildman–Crippen MR) is 76.2 cm³/mol. The van der Waals surface area contributed by atoms with Crippen molar-refractivity contribution in [2.24, 2.45) is 0 Å². The molecule has 1 saturated heterocycles. The first kappa shape index (κ1) is 14.0. The minimum absolute atomic E-state index is 0.292. The molecule has 4 nitrogen and oxygen atoms in total. The predicted octanol–water partition coefficient (Wildman–Crippen LogP) is 2.44. The van der Waals surface area contributed by atoms with E-state index in [1.165, 1.54) is 0 Å². The van der Waals surface area contributed by atoms with E-state index in [1.54, 1.807) is 14.2 Å². The fourth-order valence-electron chi connectivity index (χ4n) is 2.70. The average Bonchev–Trinajstić information content (AvgIpc) is 2.41. The summed E-state index contributed by atoms with van der Waals surface area (Å²) < 4.78 is 10.7. The van der Waals surface area contributed by atoms with Crippen molar-refractivity contribution in [3.05, 3.63) is 18.2 Å². The summed E-state index contributed by atoms with van der Waals surface area (Å²) in [6, 6.07) is 5.80. The smallest absolute Gasteiger partial charge is 0.145 e. The van der Waals surface area contributed by atoms with E-state index in [0.717, 1.165) is 36.6 Å². The second-order valence-corrected chi connectivity index (χ2v) is 5.50. The molecule has 2 rings (SSSR count). The highest BCUT2D eigenvalue weighted by Gasteiger charge is 2.38. The lowest BCUT2D eigenvalue weighted by atomic mass is 9.86. The Hall–Kier alpha value is -1.42. The van der Waals surface area contributed by atoms with Gasteiger partial charge in [0.15, 0.2) is 0 Å². The molecule has 0 radical (unpaired) electrons. The van der Waals surface area contributed by atoms with E-state index < -0.39 is 0 Å². The third-order valence-corrected chi connectivity index (χ3v) is 4.05. The fraction of sp³-hybridized carbons (Fsp3) is 0.600. The van der Waals surface area contributed by atoms with Crippen LogP contribution < -0.4 is 14.4 Å². The molecule has 0 aliphatic carbocycles. The van der Waals surface area contributed by atoms with Gasteiger partial charge in [-0.05, 0) is 38.8 Å². The minimum Gasteiger partial charge on any atom is -0.497 e. The molecule has 4 heteroatoms. The van der Waals surface area contributed by atoms with Gasteiger partial charge in [0, 0.05) is 12.6 Å². The van der Waals surface area contributed by atoms with Gasteiger partial charge in [0.1, 0.15) is 11.5 Å². The molecule has 0 aromatic heterocycles. The average molecular weight is 265 g/mol. The Balaban J connectivity index is 2.40. The second kappa shape index (κ2) is 5.29. The third kappa shape index (κ3) is 2.50. The first-order chi connectivity index (χ1) is 9.00. The molecule has 1 atom stereocenters. The van der Waals surface area contributed by atoms with Crippen LogP contribution in [0.5, 0.6) is 11.5 Å². The van der Waals surface area contributed by atoms with Crippen molar-refractivity contribution >= 4 is 5.69 Å². The molecule has 1 aromatic carbocycles. The van der Waals surface area contributed by atoms with E-state index in [1.807, 2.05) is 18.2 Å². The molecule has 1 aliphatic rings. The Bertz CT molecular complexity index is 445. The van der Waals surface area contributed by atoms with Crippen LogP contribution in [0, 0.1) is 0 Å². The van der Waals surface area contributed by atoms with Crippen LogP contribution in [0.2, 0.25) is 0 Å². The third-order valence-electron chi connectivity index (χ3n) is 4.05. The second-order valence-electron chi connectivity index (χ2n) is 5.50. The lowest BCUT2D eigenvalue weighted by molar-refractivity contribution is 0.0709. The summed E-state index contributed by atoms with van der Waals surface area (Å²) in [5.41, 5.74) is 0.715. The quantitative estimate of drug-likeness (QED) is 0.911. The van der Waals surface area contributed by atoms with E-state index in [2.05, 4.69) is 18.7 Å².